The minimum absolute atomic E-state index is 0.583. The Bertz CT molecular complexity index is 919. The first-order chi connectivity index (χ1) is 20.1. The summed E-state index contributed by atoms with van der Waals surface area (Å²) in [5.41, 5.74) is 0. The van der Waals surface area contributed by atoms with Crippen molar-refractivity contribution in [2.24, 2.45) is 0 Å². The van der Waals surface area contributed by atoms with Gasteiger partial charge in [-0.25, -0.2) is 0 Å². The Morgan fingerprint density at radius 1 is 0.744 bits per heavy atom. The highest BCUT2D eigenvalue weighted by atomic mass is 16.8. The molecule has 14 atom stereocenters. The lowest BCUT2D eigenvalue weighted by atomic mass is 9.98. The van der Waals surface area contributed by atoms with Gasteiger partial charge in [0.25, 0.3) is 0 Å². The maximum atomic E-state index is 11.7. The number of hydrogen-bond donors (Lipinski definition) is 8. The molecule has 3 aliphatic heterocycles. The van der Waals surface area contributed by atoms with Crippen molar-refractivity contribution in [2.45, 2.75) is 119 Å². The highest BCUT2D eigenvalue weighted by molar-refractivity contribution is 5.66. The summed E-state index contributed by atoms with van der Waals surface area (Å²) in [6, 6.07) is 0. The predicted molar refractivity (Wildman–Crippen MR) is 134 cm³/mol. The molecule has 3 fully saturated rings. The molecule has 0 aromatic rings. The second kappa shape index (κ2) is 15.1. The zero-order chi connectivity index (χ0) is 32.2. The Balaban J connectivity index is 1.72. The van der Waals surface area contributed by atoms with Crippen LogP contribution in [-0.2, 0) is 47.5 Å². The predicted octanol–water partition coefficient (Wildman–Crippen LogP) is -5.00. The molecule has 3 aliphatic rings. The van der Waals surface area contributed by atoms with Crippen molar-refractivity contribution in [3.63, 3.8) is 0 Å². The Morgan fingerprint density at radius 3 is 1.70 bits per heavy atom. The standard InChI is InChI=1S/C25H42O18/c1-9(28)38-21-17(34)15(32)13(6-27)40-24(21)37-8-14-16(33)18(35)22(39-10(2)29)23(41-14)36-7-12(31)20-19(11(30)5-26)42-25(3,4)43-20/h11-24,26-27,30-35H,5-8H2,1-4H3/t11-,12-,13-,14-,15-,16-,17+,18+,19-,20-,21-,22-,23-,24-/m1/s1. The van der Waals surface area contributed by atoms with Gasteiger partial charge in [-0.3, -0.25) is 9.59 Å². The molecule has 0 amide bonds. The van der Waals surface area contributed by atoms with E-state index in [4.69, 9.17) is 37.9 Å². The van der Waals surface area contributed by atoms with Crippen molar-refractivity contribution in [2.75, 3.05) is 26.4 Å². The lowest BCUT2D eigenvalue weighted by molar-refractivity contribution is -0.334. The van der Waals surface area contributed by atoms with E-state index in [1.807, 2.05) is 0 Å². The summed E-state index contributed by atoms with van der Waals surface area (Å²) in [5.74, 6) is -2.92. The fraction of sp³-hybridized carbons (Fsp3) is 0.920. The number of rotatable bonds is 12. The van der Waals surface area contributed by atoms with Crippen molar-refractivity contribution in [3.8, 4) is 0 Å². The molecular weight excluding hydrogens is 588 g/mol. The van der Waals surface area contributed by atoms with Gasteiger partial charge in [-0.2, -0.15) is 0 Å². The van der Waals surface area contributed by atoms with Gasteiger partial charge in [-0.1, -0.05) is 0 Å². The highest BCUT2D eigenvalue weighted by Gasteiger charge is 2.52. The van der Waals surface area contributed by atoms with Gasteiger partial charge in [0.1, 0.15) is 61.0 Å². The Kier molecular flexibility index (Phi) is 12.6. The van der Waals surface area contributed by atoms with E-state index in [1.165, 1.54) is 13.8 Å². The van der Waals surface area contributed by atoms with Crippen LogP contribution in [0.3, 0.4) is 0 Å². The molecule has 18 nitrogen and oxygen atoms in total. The number of hydrogen-bond acceptors (Lipinski definition) is 18. The van der Waals surface area contributed by atoms with Crippen LogP contribution in [0.5, 0.6) is 0 Å². The topological polar surface area (TPSA) is 270 Å². The largest absolute Gasteiger partial charge is 0.454 e. The van der Waals surface area contributed by atoms with Crippen LogP contribution in [-0.4, -0.2) is 171 Å². The van der Waals surface area contributed by atoms with E-state index >= 15 is 0 Å². The van der Waals surface area contributed by atoms with Gasteiger partial charge in [0.2, 0.25) is 0 Å². The lowest BCUT2D eigenvalue weighted by Crippen LogP contribution is -2.63. The van der Waals surface area contributed by atoms with Crippen LogP contribution in [0, 0.1) is 0 Å². The van der Waals surface area contributed by atoms with E-state index in [0.29, 0.717) is 0 Å². The van der Waals surface area contributed by atoms with Crippen LogP contribution < -0.4 is 0 Å². The average molecular weight is 631 g/mol. The zero-order valence-electron chi connectivity index (χ0n) is 24.1. The van der Waals surface area contributed by atoms with Crippen LogP contribution in [0.15, 0.2) is 0 Å². The van der Waals surface area contributed by atoms with Crippen LogP contribution in [0.4, 0.5) is 0 Å². The van der Waals surface area contributed by atoms with E-state index in [1.54, 1.807) is 0 Å². The Hall–Kier alpha value is -1.62. The SMILES string of the molecule is CC(=O)O[C@H]1[C@H](OC[C@H]2O[C@@H](OC[C@@H](O)[C@H]3OC(C)(C)O[C@@H]3[C@H](O)CO)[C@H](OC(C)=O)[C@@H](O)[C@@H]2O)O[C@H](CO)[C@@H](O)[C@@H]1O. The number of esters is 2. The number of aliphatic hydroxyl groups excluding tert-OH is 8. The van der Waals surface area contributed by atoms with E-state index in [9.17, 15) is 50.4 Å². The van der Waals surface area contributed by atoms with E-state index in [0.717, 1.165) is 13.8 Å². The summed E-state index contributed by atoms with van der Waals surface area (Å²) < 4.78 is 43.6. The molecule has 0 bridgehead atoms. The third-order valence-corrected chi connectivity index (χ3v) is 7.04. The third kappa shape index (κ3) is 8.76. The molecule has 0 radical (unpaired) electrons. The maximum Gasteiger partial charge on any atom is 0.303 e. The maximum absolute atomic E-state index is 11.7. The van der Waals surface area contributed by atoms with Gasteiger partial charge >= 0.3 is 11.9 Å². The number of ether oxygens (including phenoxy) is 8. The normalized spacial score (nSPS) is 40.9. The molecule has 18 heteroatoms. The number of carbonyl (C=O) groups excluding carboxylic acids is 2. The molecule has 0 aliphatic carbocycles. The van der Waals surface area contributed by atoms with Crippen LogP contribution >= 0.6 is 0 Å². The van der Waals surface area contributed by atoms with Crippen LogP contribution in [0.1, 0.15) is 27.7 Å². The molecule has 250 valence electrons. The Morgan fingerprint density at radius 2 is 1.21 bits per heavy atom. The summed E-state index contributed by atoms with van der Waals surface area (Å²) >= 11 is 0. The van der Waals surface area contributed by atoms with E-state index in [2.05, 4.69) is 0 Å². The summed E-state index contributed by atoms with van der Waals surface area (Å²) in [5, 5.41) is 81.8. The molecular formula is C25H42O18. The monoisotopic (exact) mass is 630 g/mol. The van der Waals surface area contributed by atoms with Gasteiger partial charge < -0.3 is 78.7 Å². The smallest absolute Gasteiger partial charge is 0.303 e. The molecule has 3 saturated heterocycles. The number of aliphatic hydroxyl groups is 8. The second-order valence-corrected chi connectivity index (χ2v) is 10.9. The first-order valence-electron chi connectivity index (χ1n) is 13.6. The van der Waals surface area contributed by atoms with E-state index < -0.39 is 130 Å². The quantitative estimate of drug-likeness (QED) is 0.0938. The summed E-state index contributed by atoms with van der Waals surface area (Å²) in [6.07, 6.45) is -21.1. The Labute approximate surface area is 246 Å². The molecule has 43 heavy (non-hydrogen) atoms. The lowest BCUT2D eigenvalue weighted by Gasteiger charge is -2.44. The van der Waals surface area contributed by atoms with Gasteiger partial charge in [-0.05, 0) is 13.8 Å². The van der Waals surface area contributed by atoms with E-state index in [-0.39, 0.29) is 0 Å². The minimum Gasteiger partial charge on any atom is -0.454 e. The first-order valence-corrected chi connectivity index (χ1v) is 13.6. The summed E-state index contributed by atoms with van der Waals surface area (Å²) in [4.78, 5) is 23.3. The van der Waals surface area contributed by atoms with Crippen LogP contribution in [0.2, 0.25) is 0 Å². The summed E-state index contributed by atoms with van der Waals surface area (Å²) in [6.45, 7) is 2.56. The summed E-state index contributed by atoms with van der Waals surface area (Å²) in [7, 11) is 0. The second-order valence-electron chi connectivity index (χ2n) is 10.9. The average Bonchev–Trinajstić information content (AvgIpc) is 3.28. The van der Waals surface area contributed by atoms with Crippen molar-refractivity contribution >= 4 is 11.9 Å². The molecule has 8 N–H and O–H groups in total. The molecule has 3 heterocycles. The molecule has 3 rings (SSSR count). The van der Waals surface area contributed by atoms with Crippen LogP contribution in [0.25, 0.3) is 0 Å². The van der Waals surface area contributed by atoms with Crippen molar-refractivity contribution < 1.29 is 88.3 Å². The fourth-order valence-electron chi connectivity index (χ4n) is 5.00. The molecule has 0 aromatic carbocycles. The van der Waals surface area contributed by atoms with Gasteiger partial charge in [0.05, 0.1) is 26.4 Å². The minimum atomic E-state index is -1.79. The molecule has 0 saturated carbocycles. The number of carbonyl (C=O) groups is 2. The molecule has 0 aromatic heterocycles. The van der Waals surface area contributed by atoms with Gasteiger partial charge in [0.15, 0.2) is 30.6 Å². The zero-order valence-corrected chi connectivity index (χ0v) is 24.1. The van der Waals surface area contributed by atoms with Crippen molar-refractivity contribution in [1.29, 1.82) is 0 Å². The highest BCUT2D eigenvalue weighted by Crippen LogP contribution is 2.33. The molecule has 0 unspecified atom stereocenters. The van der Waals surface area contributed by atoms with Crippen molar-refractivity contribution in [3.05, 3.63) is 0 Å². The fourth-order valence-corrected chi connectivity index (χ4v) is 5.00. The molecule has 0 spiro atoms. The first kappa shape index (κ1) is 35.9. The van der Waals surface area contributed by atoms with Gasteiger partial charge in [0, 0.05) is 13.8 Å². The van der Waals surface area contributed by atoms with Crippen molar-refractivity contribution in [1.82, 2.24) is 0 Å². The van der Waals surface area contributed by atoms with Gasteiger partial charge in [-0.15, -0.1) is 0 Å². The third-order valence-electron chi connectivity index (χ3n) is 7.04.